The molecule has 29 heavy (non-hydrogen) atoms. The van der Waals surface area contributed by atoms with Crippen molar-refractivity contribution in [1.82, 2.24) is 19.5 Å². The fourth-order valence-electron chi connectivity index (χ4n) is 2.75. The number of hydrogen-bond donors (Lipinski definition) is 0. The SMILES string of the molecule is CSCc1ccc(-c2noc(-c3cn4cc(C(F)(F)F)cc(Cl)c4n3)n2)c(Cl)c1. The molecule has 0 saturated carbocycles. The maximum atomic E-state index is 13.0. The van der Waals surface area contributed by atoms with E-state index in [1.54, 1.807) is 17.8 Å². The molecular weight excluding hydrogens is 448 g/mol. The maximum Gasteiger partial charge on any atom is 0.417 e. The van der Waals surface area contributed by atoms with E-state index in [4.69, 9.17) is 27.7 Å². The van der Waals surface area contributed by atoms with Crippen LogP contribution in [0.25, 0.3) is 28.6 Å². The van der Waals surface area contributed by atoms with Crippen LogP contribution in [-0.2, 0) is 11.9 Å². The number of hydrogen-bond acceptors (Lipinski definition) is 5. The Morgan fingerprint density at radius 1 is 1.10 bits per heavy atom. The average molecular weight is 459 g/mol. The first-order valence-electron chi connectivity index (χ1n) is 8.13. The zero-order valence-corrected chi connectivity index (χ0v) is 17.0. The second kappa shape index (κ2) is 7.55. The molecule has 4 aromatic rings. The van der Waals surface area contributed by atoms with E-state index in [-0.39, 0.29) is 28.1 Å². The number of thioether (sulfide) groups is 1. The molecule has 0 aliphatic rings. The summed E-state index contributed by atoms with van der Waals surface area (Å²) in [6, 6.07) is 6.35. The van der Waals surface area contributed by atoms with Crippen molar-refractivity contribution in [3.05, 3.63) is 57.8 Å². The van der Waals surface area contributed by atoms with Gasteiger partial charge in [-0.15, -0.1) is 0 Å². The van der Waals surface area contributed by atoms with Crippen molar-refractivity contribution in [2.24, 2.45) is 0 Å². The monoisotopic (exact) mass is 458 g/mol. The number of rotatable bonds is 4. The normalized spacial score (nSPS) is 12.1. The van der Waals surface area contributed by atoms with Crippen molar-refractivity contribution in [2.75, 3.05) is 6.26 Å². The summed E-state index contributed by atoms with van der Waals surface area (Å²) in [4.78, 5) is 8.48. The number of halogens is 5. The van der Waals surface area contributed by atoms with Crippen LogP contribution < -0.4 is 0 Å². The highest BCUT2D eigenvalue weighted by atomic mass is 35.5. The first-order valence-corrected chi connectivity index (χ1v) is 10.3. The first kappa shape index (κ1) is 20.1. The lowest BCUT2D eigenvalue weighted by Crippen LogP contribution is -2.06. The standard InChI is InChI=1S/C18H11Cl2F3N4OS/c1-29-8-9-2-3-11(12(19)4-9)15-25-17(28-26-15)14-7-27-6-10(18(21,22)23)5-13(20)16(27)24-14/h2-7H,8H2,1H3. The van der Waals surface area contributed by atoms with Gasteiger partial charge in [-0.3, -0.25) is 0 Å². The van der Waals surface area contributed by atoms with Gasteiger partial charge in [-0.05, 0) is 30.0 Å². The minimum atomic E-state index is -4.53. The fourth-order valence-corrected chi connectivity index (χ4v) is 3.81. The maximum absolute atomic E-state index is 13.0. The Morgan fingerprint density at radius 3 is 2.59 bits per heavy atom. The molecule has 0 unspecified atom stereocenters. The molecule has 3 heterocycles. The third kappa shape index (κ3) is 3.94. The largest absolute Gasteiger partial charge is 0.417 e. The van der Waals surface area contributed by atoms with E-state index < -0.39 is 11.7 Å². The van der Waals surface area contributed by atoms with Gasteiger partial charge in [0.1, 0.15) is 5.69 Å². The molecule has 0 fully saturated rings. The molecule has 0 radical (unpaired) electrons. The summed E-state index contributed by atoms with van der Waals surface area (Å²) in [5.74, 6) is 1.11. The molecule has 0 atom stereocenters. The fraction of sp³-hybridized carbons (Fsp3) is 0.167. The molecule has 0 aliphatic heterocycles. The van der Waals surface area contributed by atoms with E-state index in [0.717, 1.165) is 23.6 Å². The second-order valence-electron chi connectivity index (χ2n) is 6.10. The molecule has 0 aliphatic carbocycles. The van der Waals surface area contributed by atoms with Crippen molar-refractivity contribution < 1.29 is 17.7 Å². The number of nitrogens with zero attached hydrogens (tertiary/aromatic N) is 4. The molecule has 11 heteroatoms. The molecule has 1 aromatic carbocycles. The van der Waals surface area contributed by atoms with E-state index in [1.807, 2.05) is 18.4 Å². The lowest BCUT2D eigenvalue weighted by atomic mass is 10.1. The van der Waals surface area contributed by atoms with Crippen molar-refractivity contribution in [1.29, 1.82) is 0 Å². The summed E-state index contributed by atoms with van der Waals surface area (Å²) < 4.78 is 45.4. The van der Waals surface area contributed by atoms with E-state index in [9.17, 15) is 13.2 Å². The van der Waals surface area contributed by atoms with E-state index in [2.05, 4.69) is 15.1 Å². The Morgan fingerprint density at radius 2 is 1.90 bits per heavy atom. The van der Waals surface area contributed by atoms with Crippen LogP contribution in [0.15, 0.2) is 41.2 Å². The third-order valence-corrected chi connectivity index (χ3v) is 5.28. The Hall–Kier alpha value is -2.23. The highest BCUT2D eigenvalue weighted by molar-refractivity contribution is 7.97. The number of pyridine rings is 1. The van der Waals surface area contributed by atoms with Gasteiger partial charge in [0.2, 0.25) is 5.82 Å². The quantitative estimate of drug-likeness (QED) is 0.362. The van der Waals surface area contributed by atoms with Crippen LogP contribution in [0.2, 0.25) is 10.0 Å². The Bertz CT molecular complexity index is 1210. The van der Waals surface area contributed by atoms with Crippen LogP contribution in [0, 0.1) is 0 Å². The molecule has 0 bridgehead atoms. The second-order valence-corrected chi connectivity index (χ2v) is 7.78. The lowest BCUT2D eigenvalue weighted by molar-refractivity contribution is -0.137. The summed E-state index contributed by atoms with van der Waals surface area (Å²) >= 11 is 14.0. The summed E-state index contributed by atoms with van der Waals surface area (Å²) in [6.45, 7) is 0. The van der Waals surface area contributed by atoms with Crippen LogP contribution in [0.5, 0.6) is 0 Å². The zero-order valence-electron chi connectivity index (χ0n) is 14.7. The minimum absolute atomic E-state index is 0.0394. The van der Waals surface area contributed by atoms with Gasteiger partial charge in [0, 0.05) is 23.7 Å². The number of aromatic nitrogens is 4. The van der Waals surface area contributed by atoms with Gasteiger partial charge < -0.3 is 8.92 Å². The molecule has 3 aromatic heterocycles. The number of fused-ring (bicyclic) bond motifs is 1. The zero-order chi connectivity index (χ0) is 20.8. The first-order chi connectivity index (χ1) is 13.8. The summed E-state index contributed by atoms with van der Waals surface area (Å²) in [5.41, 5.74) is 1.09. The molecule has 5 nitrogen and oxygen atoms in total. The van der Waals surface area contributed by atoms with Crippen LogP contribution in [0.4, 0.5) is 13.2 Å². The smallest absolute Gasteiger partial charge is 0.332 e. The Kier molecular flexibility index (Phi) is 5.22. The molecule has 4 rings (SSSR count). The number of imidazole rings is 1. The molecule has 150 valence electrons. The predicted octanol–water partition coefficient (Wildman–Crippen LogP) is 6.24. The molecule has 0 saturated heterocycles. The third-order valence-electron chi connectivity index (χ3n) is 4.06. The topological polar surface area (TPSA) is 56.2 Å². The Labute approximate surface area is 176 Å². The Balaban J connectivity index is 1.71. The van der Waals surface area contributed by atoms with Crippen molar-refractivity contribution >= 4 is 40.6 Å². The van der Waals surface area contributed by atoms with Crippen molar-refractivity contribution in [3.63, 3.8) is 0 Å². The lowest BCUT2D eigenvalue weighted by Gasteiger charge is -2.07. The van der Waals surface area contributed by atoms with Gasteiger partial charge in [-0.1, -0.05) is 34.4 Å². The number of alkyl halides is 3. The van der Waals surface area contributed by atoms with Gasteiger partial charge in [0.05, 0.1) is 15.6 Å². The van der Waals surface area contributed by atoms with Gasteiger partial charge in [-0.25, -0.2) is 4.98 Å². The van der Waals surface area contributed by atoms with Crippen molar-refractivity contribution in [3.8, 4) is 23.0 Å². The summed E-state index contributed by atoms with van der Waals surface area (Å²) in [5, 5.41) is 4.24. The van der Waals surface area contributed by atoms with E-state index >= 15 is 0 Å². The van der Waals surface area contributed by atoms with Crippen molar-refractivity contribution in [2.45, 2.75) is 11.9 Å². The van der Waals surface area contributed by atoms with Gasteiger partial charge in [-0.2, -0.15) is 29.9 Å². The highest BCUT2D eigenvalue weighted by Gasteiger charge is 2.32. The van der Waals surface area contributed by atoms with Gasteiger partial charge in [0.15, 0.2) is 5.65 Å². The van der Waals surface area contributed by atoms with Crippen LogP contribution >= 0.6 is 35.0 Å². The average Bonchev–Trinajstić information content (AvgIpc) is 3.28. The minimum Gasteiger partial charge on any atom is -0.332 e. The summed E-state index contributed by atoms with van der Waals surface area (Å²) in [7, 11) is 0. The molecule has 0 N–H and O–H groups in total. The van der Waals surface area contributed by atoms with E-state index in [1.165, 1.54) is 10.6 Å². The van der Waals surface area contributed by atoms with Crippen LogP contribution in [0.1, 0.15) is 11.1 Å². The predicted molar refractivity (Wildman–Crippen MR) is 106 cm³/mol. The molecule has 0 spiro atoms. The van der Waals surface area contributed by atoms with Crippen LogP contribution in [0.3, 0.4) is 0 Å². The number of benzene rings is 1. The highest BCUT2D eigenvalue weighted by Crippen LogP contribution is 2.34. The van der Waals surface area contributed by atoms with Crippen LogP contribution in [-0.4, -0.2) is 25.8 Å². The van der Waals surface area contributed by atoms with Gasteiger partial charge >= 0.3 is 6.18 Å². The molecular formula is C18H11Cl2F3N4OS. The summed E-state index contributed by atoms with van der Waals surface area (Å²) in [6.07, 6.45) is -0.293. The molecule has 0 amide bonds. The van der Waals surface area contributed by atoms with E-state index in [0.29, 0.717) is 10.6 Å². The van der Waals surface area contributed by atoms with Gasteiger partial charge in [0.25, 0.3) is 5.89 Å².